The molecule has 1 aromatic heterocycles. The van der Waals surface area contributed by atoms with Gasteiger partial charge >= 0.3 is 23.0 Å². The number of H-pyrrole nitrogens is 1. The summed E-state index contributed by atoms with van der Waals surface area (Å²) in [7, 11) is 0. The van der Waals surface area contributed by atoms with Crippen LogP contribution in [-0.4, -0.2) is 37.9 Å². The fraction of sp³-hybridized carbons (Fsp3) is 0.455. The average Bonchev–Trinajstić information content (AvgIpc) is 2.39. The third-order valence-electron chi connectivity index (χ3n) is 2.41. The van der Waals surface area contributed by atoms with Gasteiger partial charge in [0.1, 0.15) is 6.10 Å². The highest BCUT2D eigenvalue weighted by molar-refractivity contribution is 5.81. The molecule has 2 N–H and O–H groups in total. The first-order chi connectivity index (χ1) is 9.40. The number of rotatable bonds is 6. The average molecular weight is 285 g/mol. The van der Waals surface area contributed by atoms with E-state index in [4.69, 9.17) is 9.84 Å². The summed E-state index contributed by atoms with van der Waals surface area (Å²) in [5, 5.41) is 8.78. The molecule has 1 unspecified atom stereocenters. The number of nitrogens with one attached hydrogen (secondary N) is 1. The van der Waals surface area contributed by atoms with E-state index in [0.29, 0.717) is 4.57 Å². The van der Waals surface area contributed by atoms with Crippen molar-refractivity contribution in [2.75, 3.05) is 6.61 Å². The molecule has 0 amide bonds. The van der Waals surface area contributed by atoms with Crippen molar-refractivity contribution in [1.82, 2.24) is 14.1 Å². The van der Waals surface area contributed by atoms with E-state index in [0.717, 1.165) is 10.6 Å². The Labute approximate surface area is 112 Å². The van der Waals surface area contributed by atoms with Gasteiger partial charge in [-0.05, 0) is 6.92 Å². The van der Waals surface area contributed by atoms with Crippen LogP contribution in [0.2, 0.25) is 0 Å². The van der Waals surface area contributed by atoms with Crippen molar-refractivity contribution in [3.63, 3.8) is 0 Å². The van der Waals surface area contributed by atoms with Gasteiger partial charge in [-0.2, -0.15) is 0 Å². The van der Waals surface area contributed by atoms with Gasteiger partial charge in [0.15, 0.2) is 0 Å². The van der Waals surface area contributed by atoms with Crippen LogP contribution in [0, 0.1) is 0 Å². The normalized spacial score (nSPS) is 11.9. The van der Waals surface area contributed by atoms with Crippen molar-refractivity contribution in [1.29, 1.82) is 0 Å². The number of nitrogens with zero attached hydrogens (tertiary/aromatic N) is 2. The molecule has 1 rings (SSSR count). The molecule has 0 bridgehead atoms. The second-order valence-electron chi connectivity index (χ2n) is 3.96. The van der Waals surface area contributed by atoms with Gasteiger partial charge in [-0.25, -0.2) is 28.3 Å². The van der Waals surface area contributed by atoms with Crippen molar-refractivity contribution >= 4 is 5.97 Å². The molecule has 110 valence electrons. The molecule has 0 saturated carbocycles. The van der Waals surface area contributed by atoms with Crippen molar-refractivity contribution in [3.05, 3.63) is 44.1 Å². The third kappa shape index (κ3) is 3.54. The molecule has 20 heavy (non-hydrogen) atoms. The van der Waals surface area contributed by atoms with Crippen molar-refractivity contribution in [2.24, 2.45) is 0 Å². The standard InChI is InChI=1S/C11H15N3O6/c1-3-8(16)20-7(2)6-14-10(18)12-9(17)13(4-5-15)11(14)19/h3,7,15H,1,4-6H2,2H3,(H,12,17,18). The minimum atomic E-state index is -0.907. The van der Waals surface area contributed by atoms with Gasteiger partial charge in [-0.15, -0.1) is 0 Å². The molecule has 0 aliphatic heterocycles. The first-order valence-corrected chi connectivity index (χ1v) is 5.78. The number of aliphatic hydroxyl groups is 1. The van der Waals surface area contributed by atoms with Gasteiger partial charge in [0.2, 0.25) is 0 Å². The summed E-state index contributed by atoms with van der Waals surface area (Å²) in [6.45, 7) is 3.81. The number of ether oxygens (including phenoxy) is 1. The fourth-order valence-corrected chi connectivity index (χ4v) is 1.54. The Balaban J connectivity index is 3.13. The van der Waals surface area contributed by atoms with Crippen LogP contribution in [0.25, 0.3) is 0 Å². The molecule has 0 saturated heterocycles. The maximum Gasteiger partial charge on any atom is 0.336 e. The number of carbonyl (C=O) groups is 1. The first kappa shape index (κ1) is 15.6. The number of hydrogen-bond donors (Lipinski definition) is 2. The second-order valence-corrected chi connectivity index (χ2v) is 3.96. The Morgan fingerprint density at radius 2 is 2.00 bits per heavy atom. The lowest BCUT2D eigenvalue weighted by atomic mass is 10.4. The van der Waals surface area contributed by atoms with E-state index in [1.165, 1.54) is 6.92 Å². The molecular weight excluding hydrogens is 270 g/mol. The fourth-order valence-electron chi connectivity index (χ4n) is 1.54. The molecular formula is C11H15N3O6. The minimum absolute atomic E-state index is 0.223. The number of aromatic nitrogens is 3. The van der Waals surface area contributed by atoms with E-state index < -0.39 is 35.7 Å². The second kappa shape index (κ2) is 6.66. The zero-order chi connectivity index (χ0) is 15.3. The van der Waals surface area contributed by atoms with Gasteiger partial charge in [0.25, 0.3) is 0 Å². The zero-order valence-corrected chi connectivity index (χ0v) is 10.9. The lowest BCUT2D eigenvalue weighted by Gasteiger charge is -2.13. The van der Waals surface area contributed by atoms with Gasteiger partial charge in [0, 0.05) is 6.08 Å². The van der Waals surface area contributed by atoms with Crippen LogP contribution in [0.4, 0.5) is 0 Å². The summed E-state index contributed by atoms with van der Waals surface area (Å²) in [6.07, 6.45) is 0.190. The zero-order valence-electron chi connectivity index (χ0n) is 10.9. The third-order valence-corrected chi connectivity index (χ3v) is 2.41. The highest BCUT2D eigenvalue weighted by atomic mass is 16.5. The Morgan fingerprint density at radius 1 is 1.40 bits per heavy atom. The van der Waals surface area contributed by atoms with E-state index in [2.05, 4.69) is 6.58 Å². The van der Waals surface area contributed by atoms with E-state index in [1.807, 2.05) is 4.98 Å². The van der Waals surface area contributed by atoms with Crippen LogP contribution in [0.3, 0.4) is 0 Å². The molecule has 9 nitrogen and oxygen atoms in total. The van der Waals surface area contributed by atoms with Crippen molar-refractivity contribution in [2.45, 2.75) is 26.1 Å². The van der Waals surface area contributed by atoms with E-state index >= 15 is 0 Å². The molecule has 1 heterocycles. The van der Waals surface area contributed by atoms with E-state index in [9.17, 15) is 19.2 Å². The molecule has 0 spiro atoms. The highest BCUT2D eigenvalue weighted by Gasteiger charge is 2.14. The molecule has 1 aromatic rings. The Kier molecular flexibility index (Phi) is 5.21. The molecule has 0 radical (unpaired) electrons. The van der Waals surface area contributed by atoms with Crippen LogP contribution in [0.5, 0.6) is 0 Å². The summed E-state index contributed by atoms with van der Waals surface area (Å²) in [5.41, 5.74) is -2.69. The number of hydrogen-bond acceptors (Lipinski definition) is 6. The number of esters is 1. The lowest BCUT2D eigenvalue weighted by molar-refractivity contribution is -0.142. The smallest absolute Gasteiger partial charge is 0.336 e. The topological polar surface area (TPSA) is 123 Å². The van der Waals surface area contributed by atoms with Crippen LogP contribution < -0.4 is 17.1 Å². The summed E-state index contributed by atoms with van der Waals surface area (Å²) >= 11 is 0. The SMILES string of the molecule is C=CC(=O)OC(C)Cn1c(=O)[nH]c(=O)n(CCO)c1=O. The summed E-state index contributed by atoms with van der Waals surface area (Å²) in [5.74, 6) is -0.689. The number of aromatic amines is 1. The molecule has 0 aliphatic rings. The van der Waals surface area contributed by atoms with Crippen molar-refractivity contribution in [3.8, 4) is 0 Å². The molecule has 1 atom stereocenters. The van der Waals surface area contributed by atoms with Gasteiger partial charge in [-0.1, -0.05) is 6.58 Å². The summed E-state index contributed by atoms with van der Waals surface area (Å²) < 4.78 is 6.24. The summed E-state index contributed by atoms with van der Waals surface area (Å²) in [6, 6.07) is 0. The van der Waals surface area contributed by atoms with Crippen LogP contribution in [0.15, 0.2) is 27.0 Å². The quantitative estimate of drug-likeness (QED) is 0.452. The lowest BCUT2D eigenvalue weighted by Crippen LogP contribution is -2.51. The summed E-state index contributed by atoms with van der Waals surface area (Å²) in [4.78, 5) is 47.9. The number of aliphatic hydroxyl groups excluding tert-OH is 1. The van der Waals surface area contributed by atoms with Crippen molar-refractivity contribution < 1.29 is 14.6 Å². The van der Waals surface area contributed by atoms with E-state index in [1.54, 1.807) is 0 Å². The molecule has 0 aliphatic carbocycles. The predicted molar refractivity (Wildman–Crippen MR) is 68.4 cm³/mol. The highest BCUT2D eigenvalue weighted by Crippen LogP contribution is 1.93. The first-order valence-electron chi connectivity index (χ1n) is 5.78. The van der Waals surface area contributed by atoms with Crippen LogP contribution in [0.1, 0.15) is 6.92 Å². The van der Waals surface area contributed by atoms with E-state index in [-0.39, 0.29) is 13.1 Å². The largest absolute Gasteiger partial charge is 0.458 e. The maximum atomic E-state index is 11.9. The Hall–Kier alpha value is -2.42. The van der Waals surface area contributed by atoms with Crippen LogP contribution >= 0.6 is 0 Å². The van der Waals surface area contributed by atoms with Crippen LogP contribution in [-0.2, 0) is 22.6 Å². The van der Waals surface area contributed by atoms with Gasteiger partial charge in [0.05, 0.1) is 19.7 Å². The number of carbonyl (C=O) groups excluding carboxylic acids is 1. The molecule has 0 aromatic carbocycles. The van der Waals surface area contributed by atoms with Gasteiger partial charge in [-0.3, -0.25) is 4.98 Å². The van der Waals surface area contributed by atoms with Gasteiger partial charge < -0.3 is 9.84 Å². The maximum absolute atomic E-state index is 11.9. The predicted octanol–water partition coefficient (Wildman–Crippen LogP) is -2.19. The monoisotopic (exact) mass is 285 g/mol. The molecule has 0 fully saturated rings. The molecule has 9 heteroatoms. The Bertz CT molecular complexity index is 668. The Morgan fingerprint density at radius 3 is 2.55 bits per heavy atom. The minimum Gasteiger partial charge on any atom is -0.458 e.